The number of carbonyl (C=O) groups excluding carboxylic acids is 1. The third kappa shape index (κ3) is 6.73. The second kappa shape index (κ2) is 13.1. The number of allylic oxidation sites excluding steroid dienone is 1. The first kappa shape index (κ1) is 29.3. The van der Waals surface area contributed by atoms with Crippen molar-refractivity contribution in [2.45, 2.75) is 51.1 Å². The van der Waals surface area contributed by atoms with Crippen LogP contribution in [0.1, 0.15) is 51.3 Å². The van der Waals surface area contributed by atoms with Gasteiger partial charge in [0, 0.05) is 16.5 Å². The molecule has 3 aromatic rings. The molecule has 1 aliphatic heterocycles. The number of thioether (sulfide) groups is 1. The van der Waals surface area contributed by atoms with Crippen LogP contribution in [0.15, 0.2) is 57.3 Å². The normalized spacial score (nSPS) is 14.7. The largest absolute Gasteiger partial charge is 0.493 e. The number of esters is 1. The van der Waals surface area contributed by atoms with Crippen LogP contribution >= 0.6 is 39.3 Å². The van der Waals surface area contributed by atoms with Gasteiger partial charge >= 0.3 is 5.97 Å². The number of halogens is 2. The number of methoxy groups -OCH3 is 1. The molecule has 0 radical (unpaired) electrons. The maximum Gasteiger partial charge on any atom is 0.338 e. The highest BCUT2D eigenvalue weighted by Gasteiger charge is 2.36. The lowest BCUT2D eigenvalue weighted by atomic mass is 9.95. The van der Waals surface area contributed by atoms with E-state index in [0.717, 1.165) is 22.0 Å². The number of nitrogens with one attached hydrogen (secondary N) is 1. The molecule has 0 fully saturated rings. The van der Waals surface area contributed by atoms with Gasteiger partial charge in [-0.05, 0) is 71.4 Å². The number of ether oxygens (including phenoxy) is 3. The van der Waals surface area contributed by atoms with Gasteiger partial charge in [0.2, 0.25) is 11.1 Å². The Morgan fingerprint density at radius 1 is 1.28 bits per heavy atom. The van der Waals surface area contributed by atoms with Crippen LogP contribution in [0.2, 0.25) is 5.02 Å². The Morgan fingerprint density at radius 3 is 2.74 bits per heavy atom. The zero-order valence-corrected chi connectivity index (χ0v) is 25.7. The van der Waals surface area contributed by atoms with Gasteiger partial charge in [-0.1, -0.05) is 55.4 Å². The molecule has 1 atom stereocenters. The van der Waals surface area contributed by atoms with Gasteiger partial charge in [0.15, 0.2) is 11.5 Å². The van der Waals surface area contributed by atoms with Crippen LogP contribution in [0.4, 0.5) is 5.95 Å². The molecule has 1 N–H and O–H groups in total. The molecule has 11 heteroatoms. The third-order valence-corrected chi connectivity index (χ3v) is 8.00. The molecular weight excluding hydrogens is 604 g/mol. The van der Waals surface area contributed by atoms with E-state index in [-0.39, 0.29) is 6.61 Å². The Kier molecular flexibility index (Phi) is 9.85. The van der Waals surface area contributed by atoms with Crippen LogP contribution in [-0.2, 0) is 15.3 Å². The third-order valence-electron chi connectivity index (χ3n) is 6.15. The Hall–Kier alpha value is -2.69. The van der Waals surface area contributed by atoms with Crippen molar-refractivity contribution in [1.82, 2.24) is 14.8 Å². The molecular formula is C28H32BrClN4O4S. The lowest BCUT2D eigenvalue weighted by Gasteiger charge is -2.28. The molecule has 0 spiro atoms. The smallest absolute Gasteiger partial charge is 0.338 e. The fourth-order valence-corrected chi connectivity index (χ4v) is 5.86. The Bertz CT molecular complexity index is 1380. The van der Waals surface area contributed by atoms with Crippen LogP contribution < -0.4 is 14.8 Å². The van der Waals surface area contributed by atoms with E-state index >= 15 is 0 Å². The summed E-state index contributed by atoms with van der Waals surface area (Å²) in [6.07, 6.45) is 0.914. The highest BCUT2D eigenvalue weighted by atomic mass is 79.9. The number of anilines is 1. The van der Waals surface area contributed by atoms with Gasteiger partial charge in [-0.25, -0.2) is 9.48 Å². The first-order valence-electron chi connectivity index (χ1n) is 12.7. The van der Waals surface area contributed by atoms with E-state index in [4.69, 9.17) is 35.9 Å². The van der Waals surface area contributed by atoms with Crippen molar-refractivity contribution in [2.24, 2.45) is 5.92 Å². The topological polar surface area (TPSA) is 87.5 Å². The summed E-state index contributed by atoms with van der Waals surface area (Å²) in [7, 11) is 1.60. The number of fused-ring (bicyclic) bond motifs is 1. The van der Waals surface area contributed by atoms with Gasteiger partial charge in [-0.2, -0.15) is 4.98 Å². The SMILES string of the molecule is CCOC(=O)C1=C(C)Nc2nc(SCc3ccccc3Cl)nn2C1c1cc(Br)c(OCCC(C)C)c(OC)c1. The fourth-order valence-electron chi connectivity index (χ4n) is 4.17. The van der Waals surface area contributed by atoms with Crippen molar-refractivity contribution in [2.75, 3.05) is 25.6 Å². The summed E-state index contributed by atoms with van der Waals surface area (Å²) >= 11 is 11.5. The second-order valence-corrected chi connectivity index (χ2v) is 11.6. The Morgan fingerprint density at radius 2 is 2.05 bits per heavy atom. The molecule has 0 amide bonds. The monoisotopic (exact) mass is 634 g/mol. The van der Waals surface area contributed by atoms with Gasteiger partial charge in [0.1, 0.15) is 6.04 Å². The number of aromatic nitrogens is 3. The minimum atomic E-state index is -0.600. The van der Waals surface area contributed by atoms with Crippen LogP contribution in [-0.4, -0.2) is 41.1 Å². The number of rotatable bonds is 11. The van der Waals surface area contributed by atoms with Gasteiger partial charge in [-0.15, -0.1) is 5.10 Å². The van der Waals surface area contributed by atoms with Crippen LogP contribution in [0.3, 0.4) is 0 Å². The summed E-state index contributed by atoms with van der Waals surface area (Å²) < 4.78 is 19.7. The van der Waals surface area contributed by atoms with E-state index in [1.165, 1.54) is 11.8 Å². The summed E-state index contributed by atoms with van der Waals surface area (Å²) in [6.45, 7) is 8.74. The summed E-state index contributed by atoms with van der Waals surface area (Å²) in [5.74, 6) is 2.39. The fraction of sp³-hybridized carbons (Fsp3) is 0.393. The summed E-state index contributed by atoms with van der Waals surface area (Å²) in [4.78, 5) is 17.9. The van der Waals surface area contributed by atoms with Crippen LogP contribution in [0.5, 0.6) is 11.5 Å². The molecule has 4 rings (SSSR count). The molecule has 1 aromatic heterocycles. The van der Waals surface area contributed by atoms with E-state index in [1.54, 1.807) is 18.7 Å². The zero-order chi connectivity index (χ0) is 28.1. The highest BCUT2D eigenvalue weighted by molar-refractivity contribution is 9.10. The molecule has 0 bridgehead atoms. The van der Waals surface area contributed by atoms with Crippen LogP contribution in [0, 0.1) is 5.92 Å². The van der Waals surface area contributed by atoms with E-state index in [9.17, 15) is 4.79 Å². The molecule has 2 aromatic carbocycles. The molecule has 0 saturated carbocycles. The number of benzene rings is 2. The van der Waals surface area contributed by atoms with Crippen molar-refractivity contribution >= 4 is 51.2 Å². The average Bonchev–Trinajstić information content (AvgIpc) is 3.30. The molecule has 0 saturated heterocycles. The van der Waals surface area contributed by atoms with Gasteiger partial charge in [0.25, 0.3) is 0 Å². The molecule has 39 heavy (non-hydrogen) atoms. The zero-order valence-electron chi connectivity index (χ0n) is 22.6. The van der Waals surface area contributed by atoms with Crippen molar-refractivity contribution < 1.29 is 19.0 Å². The van der Waals surface area contributed by atoms with Crippen molar-refractivity contribution in [1.29, 1.82) is 0 Å². The molecule has 0 aliphatic carbocycles. The summed E-state index contributed by atoms with van der Waals surface area (Å²) in [6, 6.07) is 10.9. The first-order chi connectivity index (χ1) is 18.7. The number of hydrogen-bond donors (Lipinski definition) is 1. The van der Waals surface area contributed by atoms with Gasteiger partial charge in [-0.3, -0.25) is 0 Å². The van der Waals surface area contributed by atoms with E-state index in [1.807, 2.05) is 43.3 Å². The van der Waals surface area contributed by atoms with E-state index < -0.39 is 12.0 Å². The minimum Gasteiger partial charge on any atom is -0.493 e. The number of carbonyl (C=O) groups is 1. The van der Waals surface area contributed by atoms with Crippen molar-refractivity contribution in [3.05, 3.63) is 68.3 Å². The maximum absolute atomic E-state index is 13.2. The Labute approximate surface area is 246 Å². The standard InChI is InChI=1S/C28H32BrClN4O4S/c1-6-37-26(35)23-17(4)31-27-32-28(39-15-18-9-7-8-10-21(18)30)33-34(27)24(23)19-13-20(29)25(22(14-19)36-5)38-12-11-16(2)3/h7-10,13-14,16,24H,6,11-12,15H2,1-5H3,(H,31,32,33). The second-order valence-electron chi connectivity index (χ2n) is 9.39. The number of hydrogen-bond acceptors (Lipinski definition) is 8. The first-order valence-corrected chi connectivity index (χ1v) is 14.9. The Balaban J connectivity index is 1.73. The summed E-state index contributed by atoms with van der Waals surface area (Å²) in [5.41, 5.74) is 2.85. The van der Waals surface area contributed by atoms with Crippen molar-refractivity contribution in [3.63, 3.8) is 0 Å². The number of nitrogens with zero attached hydrogens (tertiary/aromatic N) is 3. The molecule has 2 heterocycles. The van der Waals surface area contributed by atoms with Gasteiger partial charge in [0.05, 0.1) is 30.4 Å². The minimum absolute atomic E-state index is 0.251. The van der Waals surface area contributed by atoms with Gasteiger partial charge < -0.3 is 19.5 Å². The lowest BCUT2D eigenvalue weighted by molar-refractivity contribution is -0.139. The maximum atomic E-state index is 13.2. The predicted molar refractivity (Wildman–Crippen MR) is 158 cm³/mol. The quantitative estimate of drug-likeness (QED) is 0.174. The average molecular weight is 636 g/mol. The molecule has 1 aliphatic rings. The molecule has 8 nitrogen and oxygen atoms in total. The van der Waals surface area contributed by atoms with Crippen LogP contribution in [0.25, 0.3) is 0 Å². The summed E-state index contributed by atoms with van der Waals surface area (Å²) in [5, 5.41) is 9.27. The van der Waals surface area contributed by atoms with E-state index in [2.05, 4.69) is 35.1 Å². The highest BCUT2D eigenvalue weighted by Crippen LogP contribution is 2.43. The molecule has 208 valence electrons. The predicted octanol–water partition coefficient (Wildman–Crippen LogP) is 7.27. The van der Waals surface area contributed by atoms with Crippen molar-refractivity contribution in [3.8, 4) is 11.5 Å². The van der Waals surface area contributed by atoms with E-state index in [0.29, 0.717) is 57.2 Å². The molecule has 1 unspecified atom stereocenters. The lowest BCUT2D eigenvalue weighted by Crippen LogP contribution is -2.29.